The summed E-state index contributed by atoms with van der Waals surface area (Å²) in [5, 5.41) is 0. The molecule has 0 bridgehead atoms. The van der Waals surface area contributed by atoms with E-state index in [9.17, 15) is 4.79 Å². The first-order valence-electron chi connectivity index (χ1n) is 7.57. The number of likely N-dealkylation sites (tertiary alicyclic amines) is 1. The van der Waals surface area contributed by atoms with Gasteiger partial charge in [-0.15, -0.1) is 0 Å². The molecule has 0 saturated carbocycles. The molecule has 1 aliphatic rings. The zero-order valence-electron chi connectivity index (χ0n) is 13.2. The zero-order valence-corrected chi connectivity index (χ0v) is 13.2. The van der Waals surface area contributed by atoms with Crippen molar-refractivity contribution in [3.63, 3.8) is 0 Å². The SMILES string of the molecule is CC(N)C(C)C(=O)N1CCC(CN(C)C(C)C)CC1. The van der Waals surface area contributed by atoms with E-state index in [1.54, 1.807) is 0 Å². The summed E-state index contributed by atoms with van der Waals surface area (Å²) in [5.41, 5.74) is 5.82. The van der Waals surface area contributed by atoms with E-state index in [1.807, 2.05) is 18.7 Å². The normalized spacial score (nSPS) is 20.9. The molecule has 2 atom stereocenters. The Hall–Kier alpha value is -0.610. The Bertz CT molecular complexity index is 283. The number of hydrogen-bond acceptors (Lipinski definition) is 3. The summed E-state index contributed by atoms with van der Waals surface area (Å²) >= 11 is 0. The molecule has 2 N–H and O–H groups in total. The number of piperidine rings is 1. The molecular weight excluding hydrogens is 238 g/mol. The Balaban J connectivity index is 2.38. The van der Waals surface area contributed by atoms with Crippen molar-refractivity contribution in [3.05, 3.63) is 0 Å². The maximum absolute atomic E-state index is 12.2. The summed E-state index contributed by atoms with van der Waals surface area (Å²) in [6.07, 6.45) is 2.24. The van der Waals surface area contributed by atoms with Crippen LogP contribution in [0.4, 0.5) is 0 Å². The number of carbonyl (C=O) groups is 1. The highest BCUT2D eigenvalue weighted by molar-refractivity contribution is 5.79. The van der Waals surface area contributed by atoms with Crippen molar-refractivity contribution in [1.29, 1.82) is 0 Å². The lowest BCUT2D eigenvalue weighted by Gasteiger charge is -2.36. The van der Waals surface area contributed by atoms with E-state index >= 15 is 0 Å². The summed E-state index contributed by atoms with van der Waals surface area (Å²) in [6.45, 7) is 11.2. The maximum atomic E-state index is 12.2. The number of hydrogen-bond donors (Lipinski definition) is 1. The van der Waals surface area contributed by atoms with Crippen LogP contribution in [0.15, 0.2) is 0 Å². The van der Waals surface area contributed by atoms with Crippen LogP contribution in [0.1, 0.15) is 40.5 Å². The molecule has 112 valence electrons. The molecule has 0 spiro atoms. The van der Waals surface area contributed by atoms with Gasteiger partial charge in [0.2, 0.25) is 5.91 Å². The summed E-state index contributed by atoms with van der Waals surface area (Å²) in [7, 11) is 2.18. The van der Waals surface area contributed by atoms with Crippen LogP contribution < -0.4 is 5.73 Å². The van der Waals surface area contributed by atoms with Crippen LogP contribution in [0.5, 0.6) is 0 Å². The predicted molar refractivity (Wildman–Crippen MR) is 79.9 cm³/mol. The Labute approximate surface area is 118 Å². The first kappa shape index (κ1) is 16.4. The Morgan fingerprint density at radius 3 is 2.21 bits per heavy atom. The minimum absolute atomic E-state index is 0.0581. The third kappa shape index (κ3) is 4.77. The van der Waals surface area contributed by atoms with Crippen LogP contribution in [0.25, 0.3) is 0 Å². The number of nitrogens with two attached hydrogens (primary N) is 1. The largest absolute Gasteiger partial charge is 0.342 e. The second kappa shape index (κ2) is 7.25. The molecule has 0 aromatic carbocycles. The van der Waals surface area contributed by atoms with Crippen molar-refractivity contribution in [3.8, 4) is 0 Å². The van der Waals surface area contributed by atoms with Crippen LogP contribution in [0.2, 0.25) is 0 Å². The Morgan fingerprint density at radius 2 is 1.79 bits per heavy atom. The third-order valence-corrected chi connectivity index (χ3v) is 4.53. The van der Waals surface area contributed by atoms with Crippen LogP contribution in [0, 0.1) is 11.8 Å². The fraction of sp³-hybridized carbons (Fsp3) is 0.933. The fourth-order valence-corrected chi connectivity index (χ4v) is 2.47. The highest BCUT2D eigenvalue weighted by Crippen LogP contribution is 2.20. The van der Waals surface area contributed by atoms with Gasteiger partial charge in [0.25, 0.3) is 0 Å². The van der Waals surface area contributed by atoms with E-state index in [0.29, 0.717) is 6.04 Å². The maximum Gasteiger partial charge on any atom is 0.226 e. The van der Waals surface area contributed by atoms with Gasteiger partial charge in [0.1, 0.15) is 0 Å². The van der Waals surface area contributed by atoms with E-state index in [4.69, 9.17) is 5.73 Å². The molecule has 1 saturated heterocycles. The standard InChI is InChI=1S/C15H31N3O/c1-11(2)17(5)10-14-6-8-18(9-7-14)15(19)12(3)13(4)16/h11-14H,6-10,16H2,1-5H3. The molecule has 0 aromatic heterocycles. The van der Waals surface area contributed by atoms with Gasteiger partial charge >= 0.3 is 0 Å². The zero-order chi connectivity index (χ0) is 14.6. The first-order valence-corrected chi connectivity index (χ1v) is 7.57. The van der Waals surface area contributed by atoms with Gasteiger partial charge in [0, 0.05) is 31.7 Å². The monoisotopic (exact) mass is 269 g/mol. The minimum atomic E-state index is -0.0603. The first-order chi connectivity index (χ1) is 8.82. The molecule has 4 nitrogen and oxygen atoms in total. The number of carbonyl (C=O) groups excluding carboxylic acids is 1. The van der Waals surface area contributed by atoms with E-state index in [1.165, 1.54) is 0 Å². The van der Waals surface area contributed by atoms with Crippen molar-refractivity contribution in [2.24, 2.45) is 17.6 Å². The van der Waals surface area contributed by atoms with E-state index in [0.717, 1.165) is 38.4 Å². The molecule has 0 aliphatic carbocycles. The fourth-order valence-electron chi connectivity index (χ4n) is 2.47. The van der Waals surface area contributed by atoms with Gasteiger partial charge in [0.15, 0.2) is 0 Å². The van der Waals surface area contributed by atoms with Gasteiger partial charge in [-0.2, -0.15) is 0 Å². The lowest BCUT2D eigenvalue weighted by Crippen LogP contribution is -2.46. The van der Waals surface area contributed by atoms with Crippen molar-refractivity contribution >= 4 is 5.91 Å². The van der Waals surface area contributed by atoms with Crippen LogP contribution in [0.3, 0.4) is 0 Å². The average molecular weight is 269 g/mol. The number of amides is 1. The van der Waals surface area contributed by atoms with Crippen molar-refractivity contribution < 1.29 is 4.79 Å². The summed E-state index contributed by atoms with van der Waals surface area (Å²) < 4.78 is 0. The van der Waals surface area contributed by atoms with E-state index in [2.05, 4.69) is 25.8 Å². The smallest absolute Gasteiger partial charge is 0.226 e. The van der Waals surface area contributed by atoms with Crippen LogP contribution >= 0.6 is 0 Å². The molecule has 1 fully saturated rings. The average Bonchev–Trinajstić information content (AvgIpc) is 2.37. The van der Waals surface area contributed by atoms with Gasteiger partial charge in [0.05, 0.1) is 5.92 Å². The highest BCUT2D eigenvalue weighted by atomic mass is 16.2. The van der Waals surface area contributed by atoms with Crippen LogP contribution in [-0.2, 0) is 4.79 Å². The lowest BCUT2D eigenvalue weighted by atomic mass is 9.94. The second-order valence-electron chi connectivity index (χ2n) is 6.45. The van der Waals surface area contributed by atoms with Crippen molar-refractivity contribution in [2.75, 3.05) is 26.7 Å². The second-order valence-corrected chi connectivity index (χ2v) is 6.45. The predicted octanol–water partition coefficient (Wildman–Crippen LogP) is 1.55. The topological polar surface area (TPSA) is 49.6 Å². The highest BCUT2D eigenvalue weighted by Gasteiger charge is 2.28. The van der Waals surface area contributed by atoms with Gasteiger partial charge in [-0.25, -0.2) is 0 Å². The third-order valence-electron chi connectivity index (χ3n) is 4.53. The molecular formula is C15H31N3O. The van der Waals surface area contributed by atoms with Crippen molar-refractivity contribution in [1.82, 2.24) is 9.80 Å². The van der Waals surface area contributed by atoms with E-state index < -0.39 is 0 Å². The molecule has 19 heavy (non-hydrogen) atoms. The van der Waals surface area contributed by atoms with Gasteiger partial charge in [-0.05, 0) is 46.6 Å². The van der Waals surface area contributed by atoms with Gasteiger partial charge in [-0.3, -0.25) is 4.79 Å². The van der Waals surface area contributed by atoms with Crippen molar-refractivity contribution in [2.45, 2.75) is 52.6 Å². The van der Waals surface area contributed by atoms with Gasteiger partial charge < -0.3 is 15.5 Å². The quantitative estimate of drug-likeness (QED) is 0.824. The molecule has 1 rings (SSSR count). The molecule has 1 amide bonds. The molecule has 0 radical (unpaired) electrons. The van der Waals surface area contributed by atoms with Gasteiger partial charge in [-0.1, -0.05) is 6.92 Å². The Kier molecular flexibility index (Phi) is 6.27. The molecule has 2 unspecified atom stereocenters. The molecule has 1 heterocycles. The molecule has 0 aromatic rings. The molecule has 1 aliphatic heterocycles. The van der Waals surface area contributed by atoms with Crippen LogP contribution in [-0.4, -0.2) is 54.5 Å². The summed E-state index contributed by atoms with van der Waals surface area (Å²) in [5.74, 6) is 0.891. The van der Waals surface area contributed by atoms with E-state index in [-0.39, 0.29) is 17.9 Å². The summed E-state index contributed by atoms with van der Waals surface area (Å²) in [4.78, 5) is 16.6. The lowest BCUT2D eigenvalue weighted by molar-refractivity contribution is -0.137. The Morgan fingerprint density at radius 1 is 1.26 bits per heavy atom. The number of rotatable bonds is 5. The summed E-state index contributed by atoms with van der Waals surface area (Å²) in [6, 6.07) is 0.537. The minimum Gasteiger partial charge on any atom is -0.342 e. The molecule has 4 heteroatoms. The number of nitrogens with zero attached hydrogens (tertiary/aromatic N) is 2.